The summed E-state index contributed by atoms with van der Waals surface area (Å²) in [5.41, 5.74) is 0. The number of esters is 1. The van der Waals surface area contributed by atoms with Crippen LogP contribution in [0.1, 0.15) is 20.3 Å². The van der Waals surface area contributed by atoms with Crippen LogP contribution in [-0.4, -0.2) is 48.8 Å². The number of carbonyl (C=O) groups excluding carboxylic acids is 2. The Morgan fingerprint density at radius 3 is 2.53 bits per heavy atom. The molecule has 1 rings (SSSR count). The molecule has 0 aliphatic carbocycles. The summed E-state index contributed by atoms with van der Waals surface area (Å²) in [5.74, 6) is -0.768. The lowest BCUT2D eigenvalue weighted by Gasteiger charge is -2.21. The van der Waals surface area contributed by atoms with E-state index in [1.165, 1.54) is 7.11 Å². The first kappa shape index (κ1) is 13.9. The molecule has 0 aromatic heterocycles. The number of methoxy groups -OCH3 is 1. The van der Waals surface area contributed by atoms with E-state index in [2.05, 4.69) is 15.4 Å². The number of hydrogen-bond donors (Lipinski definition) is 3. The first-order chi connectivity index (χ1) is 7.95. The topological polar surface area (TPSA) is 87.7 Å². The second kappa shape index (κ2) is 5.97. The molecule has 0 saturated carbocycles. The summed E-state index contributed by atoms with van der Waals surface area (Å²) in [7, 11) is 1.29. The van der Waals surface area contributed by atoms with Gasteiger partial charge in [-0.2, -0.15) is 0 Å². The molecular weight excluding hydrogens is 224 g/mol. The summed E-state index contributed by atoms with van der Waals surface area (Å²) in [6, 6.07) is -1.08. The highest BCUT2D eigenvalue weighted by molar-refractivity contribution is 5.87. The SMILES string of the molecule is COC(=O)C(NC(=O)C1CC(O)CN1)C(C)C. The van der Waals surface area contributed by atoms with Gasteiger partial charge in [-0.3, -0.25) is 4.79 Å². The molecule has 0 bridgehead atoms. The molecule has 6 nitrogen and oxygen atoms in total. The lowest BCUT2D eigenvalue weighted by Crippen LogP contribution is -2.50. The fraction of sp³-hybridized carbons (Fsp3) is 0.818. The van der Waals surface area contributed by atoms with Crippen molar-refractivity contribution in [2.75, 3.05) is 13.7 Å². The summed E-state index contributed by atoms with van der Waals surface area (Å²) in [4.78, 5) is 23.3. The van der Waals surface area contributed by atoms with Gasteiger partial charge < -0.3 is 20.5 Å². The zero-order valence-corrected chi connectivity index (χ0v) is 10.4. The van der Waals surface area contributed by atoms with Crippen LogP contribution in [0.2, 0.25) is 0 Å². The number of aliphatic hydroxyl groups is 1. The standard InChI is InChI=1S/C11H20N2O4/c1-6(2)9(11(16)17-3)13-10(15)8-4-7(14)5-12-8/h6-9,12,14H,4-5H2,1-3H3,(H,13,15). The molecule has 0 aromatic rings. The quantitative estimate of drug-likeness (QED) is 0.553. The molecule has 98 valence electrons. The molecule has 1 amide bonds. The zero-order valence-electron chi connectivity index (χ0n) is 10.4. The van der Waals surface area contributed by atoms with Crippen LogP contribution in [0.5, 0.6) is 0 Å². The molecule has 1 saturated heterocycles. The second-order valence-corrected chi connectivity index (χ2v) is 4.60. The normalized spacial score (nSPS) is 25.7. The highest BCUT2D eigenvalue weighted by Gasteiger charge is 2.32. The smallest absolute Gasteiger partial charge is 0.328 e. The van der Waals surface area contributed by atoms with Gasteiger partial charge in [0.25, 0.3) is 0 Å². The maximum atomic E-state index is 11.8. The van der Waals surface area contributed by atoms with Crippen LogP contribution in [0.25, 0.3) is 0 Å². The molecule has 0 aromatic carbocycles. The average molecular weight is 244 g/mol. The molecule has 1 heterocycles. The Morgan fingerprint density at radius 1 is 1.47 bits per heavy atom. The van der Waals surface area contributed by atoms with Crippen molar-refractivity contribution in [2.45, 2.75) is 38.5 Å². The third kappa shape index (κ3) is 3.67. The lowest BCUT2D eigenvalue weighted by molar-refractivity contribution is -0.146. The van der Waals surface area contributed by atoms with Crippen LogP contribution in [0.15, 0.2) is 0 Å². The molecule has 3 unspecified atom stereocenters. The molecule has 0 spiro atoms. The predicted molar refractivity (Wildman–Crippen MR) is 61.2 cm³/mol. The summed E-state index contributed by atoms with van der Waals surface area (Å²) in [5, 5.41) is 14.8. The van der Waals surface area contributed by atoms with Crippen molar-refractivity contribution < 1.29 is 19.4 Å². The molecule has 0 radical (unpaired) electrons. The highest BCUT2D eigenvalue weighted by Crippen LogP contribution is 2.09. The van der Waals surface area contributed by atoms with Gasteiger partial charge in [-0.05, 0) is 12.3 Å². The predicted octanol–water partition coefficient (Wildman–Crippen LogP) is -0.977. The molecule has 1 fully saturated rings. The van der Waals surface area contributed by atoms with Gasteiger partial charge >= 0.3 is 5.97 Å². The van der Waals surface area contributed by atoms with Crippen LogP contribution in [-0.2, 0) is 14.3 Å². The maximum Gasteiger partial charge on any atom is 0.328 e. The van der Waals surface area contributed by atoms with E-state index in [0.29, 0.717) is 13.0 Å². The number of aliphatic hydroxyl groups excluding tert-OH is 1. The van der Waals surface area contributed by atoms with Gasteiger partial charge in [-0.15, -0.1) is 0 Å². The van der Waals surface area contributed by atoms with Gasteiger partial charge in [-0.1, -0.05) is 13.8 Å². The summed E-state index contributed by atoms with van der Waals surface area (Å²) in [6.07, 6.45) is -0.126. The number of carbonyl (C=O) groups is 2. The Labute approximate surface area is 101 Å². The minimum Gasteiger partial charge on any atom is -0.467 e. The van der Waals surface area contributed by atoms with Crippen molar-refractivity contribution in [3.05, 3.63) is 0 Å². The van der Waals surface area contributed by atoms with Gasteiger partial charge in [0.1, 0.15) is 6.04 Å². The van der Waals surface area contributed by atoms with Crippen LogP contribution in [0, 0.1) is 5.92 Å². The van der Waals surface area contributed by atoms with Crippen molar-refractivity contribution in [3.63, 3.8) is 0 Å². The fourth-order valence-corrected chi connectivity index (χ4v) is 1.80. The molecule has 3 N–H and O–H groups in total. The molecule has 1 aliphatic heterocycles. The molecule has 3 atom stereocenters. The highest BCUT2D eigenvalue weighted by atomic mass is 16.5. The minimum absolute atomic E-state index is 0.0438. The van der Waals surface area contributed by atoms with Crippen molar-refractivity contribution in [2.24, 2.45) is 5.92 Å². The number of ether oxygens (including phenoxy) is 1. The number of hydrogen-bond acceptors (Lipinski definition) is 5. The van der Waals surface area contributed by atoms with Crippen LogP contribution in [0.3, 0.4) is 0 Å². The average Bonchev–Trinajstić information content (AvgIpc) is 2.71. The molecular formula is C11H20N2O4. The van der Waals surface area contributed by atoms with E-state index in [1.54, 1.807) is 0 Å². The molecule has 17 heavy (non-hydrogen) atoms. The lowest BCUT2D eigenvalue weighted by atomic mass is 10.0. The fourth-order valence-electron chi connectivity index (χ4n) is 1.80. The van der Waals surface area contributed by atoms with E-state index in [4.69, 9.17) is 0 Å². The van der Waals surface area contributed by atoms with E-state index >= 15 is 0 Å². The van der Waals surface area contributed by atoms with E-state index in [-0.39, 0.29) is 11.8 Å². The Hall–Kier alpha value is -1.14. The summed E-state index contributed by atoms with van der Waals surface area (Å²) >= 11 is 0. The Morgan fingerprint density at radius 2 is 2.12 bits per heavy atom. The largest absolute Gasteiger partial charge is 0.467 e. The number of nitrogens with one attached hydrogen (secondary N) is 2. The van der Waals surface area contributed by atoms with Crippen LogP contribution < -0.4 is 10.6 Å². The van der Waals surface area contributed by atoms with Crippen LogP contribution in [0.4, 0.5) is 0 Å². The van der Waals surface area contributed by atoms with Gasteiger partial charge in [0.05, 0.1) is 19.3 Å². The van der Waals surface area contributed by atoms with Gasteiger partial charge in [-0.25, -0.2) is 4.79 Å². The number of β-amino-alcohol motifs (C(OH)–C–C–N with tert-alkyl or cyclic N) is 1. The second-order valence-electron chi connectivity index (χ2n) is 4.60. The molecule has 6 heteroatoms. The third-order valence-electron chi connectivity index (χ3n) is 2.84. The van der Waals surface area contributed by atoms with E-state index in [9.17, 15) is 14.7 Å². The van der Waals surface area contributed by atoms with Crippen LogP contribution >= 0.6 is 0 Å². The number of amides is 1. The third-order valence-corrected chi connectivity index (χ3v) is 2.84. The number of rotatable bonds is 4. The maximum absolute atomic E-state index is 11.8. The Kier molecular flexibility index (Phi) is 4.89. The van der Waals surface area contributed by atoms with Gasteiger partial charge in [0, 0.05) is 6.54 Å². The van der Waals surface area contributed by atoms with Crippen molar-refractivity contribution in [1.29, 1.82) is 0 Å². The summed E-state index contributed by atoms with van der Waals surface area (Å²) < 4.78 is 4.63. The van der Waals surface area contributed by atoms with E-state index in [1.807, 2.05) is 13.8 Å². The first-order valence-corrected chi connectivity index (χ1v) is 5.75. The Bertz CT molecular complexity index is 293. The minimum atomic E-state index is -0.646. The zero-order chi connectivity index (χ0) is 13.0. The van der Waals surface area contributed by atoms with Crippen molar-refractivity contribution in [1.82, 2.24) is 10.6 Å². The van der Waals surface area contributed by atoms with Gasteiger partial charge in [0.2, 0.25) is 5.91 Å². The van der Waals surface area contributed by atoms with Gasteiger partial charge in [0.15, 0.2) is 0 Å². The van der Waals surface area contributed by atoms with Crippen molar-refractivity contribution in [3.8, 4) is 0 Å². The van der Waals surface area contributed by atoms with E-state index in [0.717, 1.165) is 0 Å². The monoisotopic (exact) mass is 244 g/mol. The Balaban J connectivity index is 2.55. The first-order valence-electron chi connectivity index (χ1n) is 5.75. The van der Waals surface area contributed by atoms with Crippen molar-refractivity contribution >= 4 is 11.9 Å². The molecule has 1 aliphatic rings. The summed E-state index contributed by atoms with van der Waals surface area (Å²) in [6.45, 7) is 4.07. The van der Waals surface area contributed by atoms with E-state index < -0.39 is 24.2 Å².